The summed E-state index contributed by atoms with van der Waals surface area (Å²) in [6.07, 6.45) is 2.48. The van der Waals surface area contributed by atoms with Gasteiger partial charge in [-0.05, 0) is 69.8 Å². The molecule has 1 aliphatic carbocycles. The SMILES string of the molecule is CCNc1cc(C2CC2)nc(-c2ccc(Br)c(Br)c2)n1. The largest absolute Gasteiger partial charge is 0.370 e. The molecule has 104 valence electrons. The normalized spacial score (nSPS) is 14.3. The van der Waals surface area contributed by atoms with Gasteiger partial charge in [-0.2, -0.15) is 0 Å². The highest BCUT2D eigenvalue weighted by Gasteiger charge is 2.26. The van der Waals surface area contributed by atoms with E-state index in [1.54, 1.807) is 0 Å². The maximum absolute atomic E-state index is 4.73. The molecule has 0 spiro atoms. The fraction of sp³-hybridized carbons (Fsp3) is 0.333. The lowest BCUT2D eigenvalue weighted by molar-refractivity contribution is 0.988. The molecule has 3 nitrogen and oxygen atoms in total. The van der Waals surface area contributed by atoms with Crippen LogP contribution in [0.2, 0.25) is 0 Å². The predicted molar refractivity (Wildman–Crippen MR) is 89.0 cm³/mol. The Hall–Kier alpha value is -0.940. The predicted octanol–water partition coefficient (Wildman–Crippen LogP) is 4.98. The maximum atomic E-state index is 4.73. The van der Waals surface area contributed by atoms with E-state index in [1.165, 1.54) is 12.8 Å². The molecular formula is C15H15Br2N3. The van der Waals surface area contributed by atoms with Crippen LogP contribution in [0, 0.1) is 0 Å². The van der Waals surface area contributed by atoms with Crippen molar-refractivity contribution in [1.82, 2.24) is 9.97 Å². The maximum Gasteiger partial charge on any atom is 0.161 e. The van der Waals surface area contributed by atoms with E-state index in [1.807, 2.05) is 18.2 Å². The Bertz CT molecular complexity index is 639. The van der Waals surface area contributed by atoms with Crippen molar-refractivity contribution in [3.8, 4) is 11.4 Å². The van der Waals surface area contributed by atoms with Gasteiger partial charge in [0.25, 0.3) is 0 Å². The molecule has 1 aliphatic rings. The van der Waals surface area contributed by atoms with E-state index in [4.69, 9.17) is 4.98 Å². The molecule has 0 atom stereocenters. The lowest BCUT2D eigenvalue weighted by atomic mass is 10.2. The van der Waals surface area contributed by atoms with Gasteiger partial charge in [0.15, 0.2) is 5.82 Å². The summed E-state index contributed by atoms with van der Waals surface area (Å²) in [6.45, 7) is 2.94. The number of anilines is 1. The number of halogens is 2. The highest BCUT2D eigenvalue weighted by Crippen LogP contribution is 2.40. The van der Waals surface area contributed by atoms with E-state index in [9.17, 15) is 0 Å². The van der Waals surface area contributed by atoms with Crippen molar-refractivity contribution in [2.45, 2.75) is 25.7 Å². The molecule has 5 heteroatoms. The van der Waals surface area contributed by atoms with Gasteiger partial charge in [-0.1, -0.05) is 0 Å². The van der Waals surface area contributed by atoms with E-state index in [2.05, 4.69) is 55.2 Å². The Morgan fingerprint density at radius 1 is 1.15 bits per heavy atom. The van der Waals surface area contributed by atoms with Crippen LogP contribution in [0.15, 0.2) is 33.2 Å². The van der Waals surface area contributed by atoms with Gasteiger partial charge in [-0.3, -0.25) is 0 Å². The Kier molecular flexibility index (Phi) is 4.08. The van der Waals surface area contributed by atoms with Crippen molar-refractivity contribution < 1.29 is 0 Å². The number of hydrogen-bond donors (Lipinski definition) is 1. The van der Waals surface area contributed by atoms with Crippen molar-refractivity contribution in [2.75, 3.05) is 11.9 Å². The Labute approximate surface area is 135 Å². The second kappa shape index (κ2) is 5.82. The third-order valence-corrected chi connectivity index (χ3v) is 5.16. The minimum Gasteiger partial charge on any atom is -0.370 e. The molecule has 1 N–H and O–H groups in total. The number of rotatable bonds is 4. The Morgan fingerprint density at radius 2 is 1.95 bits per heavy atom. The molecule has 2 aromatic rings. The average molecular weight is 397 g/mol. The molecule has 0 saturated heterocycles. The molecule has 1 saturated carbocycles. The molecule has 1 heterocycles. The van der Waals surface area contributed by atoms with Crippen LogP contribution < -0.4 is 5.32 Å². The molecular weight excluding hydrogens is 382 g/mol. The van der Waals surface area contributed by atoms with Gasteiger partial charge >= 0.3 is 0 Å². The molecule has 1 aromatic heterocycles. The first-order valence-electron chi connectivity index (χ1n) is 6.75. The van der Waals surface area contributed by atoms with Crippen LogP contribution in [0.1, 0.15) is 31.4 Å². The summed E-state index contributed by atoms with van der Waals surface area (Å²) in [4.78, 5) is 9.35. The number of aromatic nitrogens is 2. The molecule has 0 bridgehead atoms. The monoisotopic (exact) mass is 395 g/mol. The highest BCUT2D eigenvalue weighted by atomic mass is 79.9. The Balaban J connectivity index is 2.04. The van der Waals surface area contributed by atoms with E-state index >= 15 is 0 Å². The van der Waals surface area contributed by atoms with E-state index in [-0.39, 0.29) is 0 Å². The van der Waals surface area contributed by atoms with Gasteiger partial charge in [0.2, 0.25) is 0 Å². The summed E-state index contributed by atoms with van der Waals surface area (Å²) >= 11 is 7.02. The van der Waals surface area contributed by atoms with E-state index in [0.29, 0.717) is 5.92 Å². The van der Waals surface area contributed by atoms with Crippen LogP contribution in [0.25, 0.3) is 11.4 Å². The average Bonchev–Trinajstić information content (AvgIpc) is 3.26. The first-order chi connectivity index (χ1) is 9.67. The summed E-state index contributed by atoms with van der Waals surface area (Å²) in [5, 5.41) is 3.29. The number of nitrogens with zero attached hydrogens (tertiary/aromatic N) is 2. The van der Waals surface area contributed by atoms with Crippen LogP contribution in [-0.4, -0.2) is 16.5 Å². The first kappa shape index (κ1) is 14.0. The Morgan fingerprint density at radius 3 is 2.60 bits per heavy atom. The lowest BCUT2D eigenvalue weighted by Crippen LogP contribution is -2.03. The summed E-state index contributed by atoms with van der Waals surface area (Å²) in [5.41, 5.74) is 2.19. The van der Waals surface area contributed by atoms with Crippen molar-refractivity contribution in [2.24, 2.45) is 0 Å². The topological polar surface area (TPSA) is 37.8 Å². The van der Waals surface area contributed by atoms with Gasteiger partial charge in [-0.25, -0.2) is 9.97 Å². The second-order valence-corrected chi connectivity index (χ2v) is 6.64. The molecule has 0 unspecified atom stereocenters. The quantitative estimate of drug-likeness (QED) is 0.791. The van der Waals surface area contributed by atoms with Crippen LogP contribution in [0.4, 0.5) is 5.82 Å². The van der Waals surface area contributed by atoms with Gasteiger partial charge in [-0.15, -0.1) is 0 Å². The van der Waals surface area contributed by atoms with Gasteiger partial charge < -0.3 is 5.32 Å². The zero-order valence-electron chi connectivity index (χ0n) is 11.2. The molecule has 1 aromatic carbocycles. The molecule has 1 fully saturated rings. The molecule has 20 heavy (non-hydrogen) atoms. The van der Waals surface area contributed by atoms with Crippen molar-refractivity contribution in [3.63, 3.8) is 0 Å². The number of benzene rings is 1. The minimum absolute atomic E-state index is 0.619. The molecule has 3 rings (SSSR count). The standard InChI is InChI=1S/C15H15Br2N3/c1-2-18-14-8-13(9-3-4-9)19-15(20-14)10-5-6-11(16)12(17)7-10/h5-9H,2-4H2,1H3,(H,18,19,20). The van der Waals surface area contributed by atoms with Crippen molar-refractivity contribution in [1.29, 1.82) is 0 Å². The zero-order valence-corrected chi connectivity index (χ0v) is 14.3. The van der Waals surface area contributed by atoms with Crippen molar-refractivity contribution in [3.05, 3.63) is 38.9 Å². The van der Waals surface area contributed by atoms with Crippen LogP contribution in [-0.2, 0) is 0 Å². The van der Waals surface area contributed by atoms with Gasteiger partial charge in [0.1, 0.15) is 5.82 Å². The summed E-state index contributed by atoms with van der Waals surface area (Å²) < 4.78 is 2.05. The van der Waals surface area contributed by atoms with E-state index in [0.717, 1.165) is 38.4 Å². The van der Waals surface area contributed by atoms with Crippen molar-refractivity contribution >= 4 is 37.7 Å². The number of hydrogen-bond acceptors (Lipinski definition) is 3. The zero-order chi connectivity index (χ0) is 14.1. The van der Waals surface area contributed by atoms with Gasteiger partial charge in [0, 0.05) is 38.7 Å². The number of nitrogens with one attached hydrogen (secondary N) is 1. The molecule has 0 amide bonds. The van der Waals surface area contributed by atoms with Crippen LogP contribution in [0.5, 0.6) is 0 Å². The smallest absolute Gasteiger partial charge is 0.161 e. The second-order valence-electron chi connectivity index (χ2n) is 4.94. The third-order valence-electron chi connectivity index (χ3n) is 3.28. The highest BCUT2D eigenvalue weighted by molar-refractivity contribution is 9.13. The summed E-state index contributed by atoms with van der Waals surface area (Å²) in [7, 11) is 0. The third kappa shape index (κ3) is 3.04. The van der Waals surface area contributed by atoms with E-state index < -0.39 is 0 Å². The molecule has 0 radical (unpaired) electrons. The fourth-order valence-electron chi connectivity index (χ4n) is 2.09. The summed E-state index contributed by atoms with van der Waals surface area (Å²) in [6, 6.07) is 8.18. The van der Waals surface area contributed by atoms with Gasteiger partial charge in [0.05, 0.1) is 0 Å². The lowest BCUT2D eigenvalue weighted by Gasteiger charge is -2.09. The first-order valence-corrected chi connectivity index (χ1v) is 8.34. The fourth-order valence-corrected chi connectivity index (χ4v) is 2.72. The van der Waals surface area contributed by atoms with Crippen LogP contribution >= 0.6 is 31.9 Å². The minimum atomic E-state index is 0.619. The summed E-state index contributed by atoms with van der Waals surface area (Å²) in [5.74, 6) is 2.32. The molecule has 0 aliphatic heterocycles. The van der Waals surface area contributed by atoms with Crippen LogP contribution in [0.3, 0.4) is 0 Å².